The molecule has 0 atom stereocenters. The molecule has 0 amide bonds. The molecule has 2 heterocycles. The minimum Gasteiger partial charge on any atom is -0.284 e. The fourth-order valence-electron chi connectivity index (χ4n) is 2.29. The molecule has 2 aromatic rings. The Morgan fingerprint density at radius 3 is 2.70 bits per heavy atom. The van der Waals surface area contributed by atoms with Crippen LogP contribution in [0, 0.1) is 0 Å². The summed E-state index contributed by atoms with van der Waals surface area (Å²) in [6.07, 6.45) is 11.0. The Morgan fingerprint density at radius 2 is 1.90 bits per heavy atom. The van der Waals surface area contributed by atoms with E-state index in [0.29, 0.717) is 0 Å². The molecular weight excluding hydrogens is 244 g/mol. The Morgan fingerprint density at radius 1 is 1.00 bits per heavy atom. The minimum atomic E-state index is 0.870. The lowest BCUT2D eigenvalue weighted by Gasteiger charge is -2.02. The molecule has 2 heteroatoms. The molecule has 0 N–H and O–H groups in total. The van der Waals surface area contributed by atoms with Crippen LogP contribution in [0.4, 0.5) is 0 Å². The fourth-order valence-corrected chi connectivity index (χ4v) is 2.29. The quantitative estimate of drug-likeness (QED) is 0.821. The average Bonchev–Trinajstić information content (AvgIpc) is 2.98. The molecule has 0 aliphatic carbocycles. The van der Waals surface area contributed by atoms with Crippen molar-refractivity contribution in [2.24, 2.45) is 4.99 Å². The van der Waals surface area contributed by atoms with E-state index in [2.05, 4.69) is 46.4 Å². The lowest BCUT2D eigenvalue weighted by molar-refractivity contribution is 1.04. The van der Waals surface area contributed by atoms with Gasteiger partial charge in [0, 0.05) is 24.5 Å². The second-order valence-corrected chi connectivity index (χ2v) is 4.68. The molecule has 2 nitrogen and oxygen atoms in total. The van der Waals surface area contributed by atoms with E-state index in [0.717, 1.165) is 24.2 Å². The summed E-state index contributed by atoms with van der Waals surface area (Å²) in [5.41, 5.74) is 4.67. The van der Waals surface area contributed by atoms with Crippen LogP contribution in [0.25, 0.3) is 6.08 Å². The second-order valence-electron chi connectivity index (χ2n) is 4.68. The zero-order valence-electron chi connectivity index (χ0n) is 11.2. The van der Waals surface area contributed by atoms with Crippen LogP contribution in [-0.2, 0) is 0 Å². The van der Waals surface area contributed by atoms with Crippen LogP contribution in [-0.4, -0.2) is 17.2 Å². The van der Waals surface area contributed by atoms with Crippen molar-refractivity contribution in [1.29, 1.82) is 0 Å². The third-order valence-electron chi connectivity index (χ3n) is 3.28. The van der Waals surface area contributed by atoms with Crippen molar-refractivity contribution in [2.75, 3.05) is 6.54 Å². The van der Waals surface area contributed by atoms with E-state index in [1.165, 1.54) is 11.1 Å². The average molecular weight is 260 g/mol. The van der Waals surface area contributed by atoms with Crippen LogP contribution in [0.1, 0.15) is 17.5 Å². The molecule has 98 valence electrons. The molecule has 0 spiro atoms. The number of aromatic nitrogens is 1. The van der Waals surface area contributed by atoms with Crippen LogP contribution in [0.3, 0.4) is 0 Å². The van der Waals surface area contributed by atoms with Crippen molar-refractivity contribution in [2.45, 2.75) is 6.42 Å². The highest BCUT2D eigenvalue weighted by Gasteiger charge is 2.14. The smallest absolute Gasteiger partial charge is 0.0694 e. The van der Waals surface area contributed by atoms with Crippen LogP contribution in [0.15, 0.2) is 77.6 Å². The molecule has 1 aromatic heterocycles. The number of hydrogen-bond acceptors (Lipinski definition) is 2. The molecule has 0 radical (unpaired) electrons. The first kappa shape index (κ1) is 12.5. The maximum absolute atomic E-state index is 4.59. The van der Waals surface area contributed by atoms with E-state index in [-0.39, 0.29) is 0 Å². The number of nitrogens with zero attached hydrogens (tertiary/aromatic N) is 2. The molecule has 0 bridgehead atoms. The fraction of sp³-hybridized carbons (Fsp3) is 0.111. The SMILES string of the molecule is C(=C\c1ccccc1)/C=C1\CCN=C1c1cccnc1. The van der Waals surface area contributed by atoms with Gasteiger partial charge in [0.05, 0.1) is 5.71 Å². The summed E-state index contributed by atoms with van der Waals surface area (Å²) in [4.78, 5) is 8.75. The van der Waals surface area contributed by atoms with Gasteiger partial charge in [-0.15, -0.1) is 0 Å². The highest BCUT2D eigenvalue weighted by molar-refractivity contribution is 6.13. The standard InChI is InChI=1S/C18H16N2/c1-2-6-15(7-3-1)8-4-9-16-11-13-20-18(16)17-10-5-12-19-14-17/h1-10,12,14H,11,13H2/b8-4+,16-9+. The van der Waals surface area contributed by atoms with E-state index < -0.39 is 0 Å². The number of rotatable bonds is 3. The van der Waals surface area contributed by atoms with E-state index >= 15 is 0 Å². The molecule has 20 heavy (non-hydrogen) atoms. The van der Waals surface area contributed by atoms with Gasteiger partial charge in [0.15, 0.2) is 0 Å². The molecule has 1 aliphatic rings. The first-order valence-corrected chi connectivity index (χ1v) is 6.81. The van der Waals surface area contributed by atoms with Gasteiger partial charge in [-0.1, -0.05) is 48.6 Å². The third-order valence-corrected chi connectivity index (χ3v) is 3.28. The van der Waals surface area contributed by atoms with Gasteiger partial charge in [0.2, 0.25) is 0 Å². The predicted molar refractivity (Wildman–Crippen MR) is 83.8 cm³/mol. The van der Waals surface area contributed by atoms with Crippen LogP contribution < -0.4 is 0 Å². The Hall–Kier alpha value is -2.48. The molecule has 0 unspecified atom stereocenters. The van der Waals surface area contributed by atoms with Crippen molar-refractivity contribution in [3.63, 3.8) is 0 Å². The normalized spacial score (nSPS) is 16.8. The highest BCUT2D eigenvalue weighted by Crippen LogP contribution is 2.19. The van der Waals surface area contributed by atoms with Gasteiger partial charge in [-0.2, -0.15) is 0 Å². The summed E-state index contributed by atoms with van der Waals surface area (Å²) in [7, 11) is 0. The topological polar surface area (TPSA) is 25.2 Å². The van der Waals surface area contributed by atoms with Crippen molar-refractivity contribution >= 4 is 11.8 Å². The van der Waals surface area contributed by atoms with E-state index in [4.69, 9.17) is 0 Å². The molecule has 1 aromatic carbocycles. The first-order chi connectivity index (χ1) is 9.93. The van der Waals surface area contributed by atoms with E-state index in [1.54, 1.807) is 6.20 Å². The predicted octanol–water partition coefficient (Wildman–Crippen LogP) is 3.91. The van der Waals surface area contributed by atoms with Gasteiger partial charge < -0.3 is 0 Å². The largest absolute Gasteiger partial charge is 0.284 e. The zero-order chi connectivity index (χ0) is 13.6. The maximum atomic E-state index is 4.59. The Labute approximate surface area is 119 Å². The lowest BCUT2D eigenvalue weighted by atomic mass is 10.0. The van der Waals surface area contributed by atoms with Gasteiger partial charge >= 0.3 is 0 Å². The second kappa shape index (κ2) is 6.11. The number of benzene rings is 1. The molecular formula is C18H16N2. The van der Waals surface area contributed by atoms with E-state index in [1.807, 2.05) is 30.5 Å². The molecule has 0 fully saturated rings. The number of aliphatic imine (C=N–C) groups is 1. The summed E-state index contributed by atoms with van der Waals surface area (Å²) in [6, 6.07) is 14.3. The molecule has 0 saturated heterocycles. The first-order valence-electron chi connectivity index (χ1n) is 6.81. The Balaban J connectivity index is 1.79. The minimum absolute atomic E-state index is 0.870. The van der Waals surface area contributed by atoms with Crippen molar-refractivity contribution in [1.82, 2.24) is 4.98 Å². The van der Waals surface area contributed by atoms with E-state index in [9.17, 15) is 0 Å². The molecule has 3 rings (SSSR count). The summed E-state index contributed by atoms with van der Waals surface area (Å²) < 4.78 is 0. The Bertz CT molecular complexity index is 652. The summed E-state index contributed by atoms with van der Waals surface area (Å²) in [5, 5.41) is 0. The molecule has 0 saturated carbocycles. The van der Waals surface area contributed by atoms with Crippen LogP contribution in [0.2, 0.25) is 0 Å². The summed E-state index contributed by atoms with van der Waals surface area (Å²) in [5.74, 6) is 0. The number of hydrogen-bond donors (Lipinski definition) is 0. The van der Waals surface area contributed by atoms with Crippen molar-refractivity contribution < 1.29 is 0 Å². The highest BCUT2D eigenvalue weighted by atomic mass is 14.8. The van der Waals surface area contributed by atoms with Gasteiger partial charge in [-0.05, 0) is 29.7 Å². The molecule has 1 aliphatic heterocycles. The zero-order valence-corrected chi connectivity index (χ0v) is 11.2. The third kappa shape index (κ3) is 2.91. The van der Waals surface area contributed by atoms with Crippen LogP contribution >= 0.6 is 0 Å². The van der Waals surface area contributed by atoms with Crippen LogP contribution in [0.5, 0.6) is 0 Å². The van der Waals surface area contributed by atoms with Gasteiger partial charge in [-0.25, -0.2) is 0 Å². The van der Waals surface area contributed by atoms with Gasteiger partial charge in [0.25, 0.3) is 0 Å². The van der Waals surface area contributed by atoms with Crippen molar-refractivity contribution in [3.8, 4) is 0 Å². The maximum Gasteiger partial charge on any atom is 0.0694 e. The number of pyridine rings is 1. The van der Waals surface area contributed by atoms with Gasteiger partial charge in [0.1, 0.15) is 0 Å². The Kier molecular flexibility index (Phi) is 3.83. The summed E-state index contributed by atoms with van der Waals surface area (Å²) >= 11 is 0. The van der Waals surface area contributed by atoms with Gasteiger partial charge in [-0.3, -0.25) is 9.98 Å². The monoisotopic (exact) mass is 260 g/mol. The lowest BCUT2D eigenvalue weighted by Crippen LogP contribution is -2.00. The number of allylic oxidation sites excluding steroid dienone is 2. The van der Waals surface area contributed by atoms with Crippen molar-refractivity contribution in [3.05, 3.63) is 83.7 Å². The summed E-state index contributed by atoms with van der Waals surface area (Å²) in [6.45, 7) is 0.870.